The van der Waals surface area contributed by atoms with Crippen molar-refractivity contribution in [2.75, 3.05) is 6.61 Å². The van der Waals surface area contributed by atoms with Crippen LogP contribution in [-0.2, 0) is 16.1 Å². The number of aromatic nitrogens is 1. The lowest BCUT2D eigenvalue weighted by Gasteiger charge is -2.06. The molecule has 1 amide bonds. The van der Waals surface area contributed by atoms with Crippen LogP contribution in [0, 0.1) is 0 Å². The van der Waals surface area contributed by atoms with Gasteiger partial charge >= 0.3 is 5.97 Å². The number of thiazole rings is 1. The SMILES string of the molecule is CCOC(=O)Cn1c(=NC(=O)c2ccc(Cl)cc2)sc2cccc(Cl)c21. The Balaban J connectivity index is 2.12. The molecule has 5 nitrogen and oxygen atoms in total. The summed E-state index contributed by atoms with van der Waals surface area (Å²) in [5.41, 5.74) is 1.05. The second kappa shape index (κ2) is 8.03. The molecule has 0 aliphatic carbocycles. The van der Waals surface area contributed by atoms with Gasteiger partial charge in [-0.05, 0) is 43.3 Å². The van der Waals surface area contributed by atoms with Crippen molar-refractivity contribution in [2.24, 2.45) is 4.99 Å². The summed E-state index contributed by atoms with van der Waals surface area (Å²) >= 11 is 13.4. The van der Waals surface area contributed by atoms with E-state index in [9.17, 15) is 9.59 Å². The first kappa shape index (κ1) is 18.6. The summed E-state index contributed by atoms with van der Waals surface area (Å²) in [4.78, 5) is 29.0. The van der Waals surface area contributed by atoms with Gasteiger partial charge in [-0.1, -0.05) is 40.6 Å². The molecule has 0 radical (unpaired) electrons. The summed E-state index contributed by atoms with van der Waals surface area (Å²) < 4.78 is 7.45. The van der Waals surface area contributed by atoms with Crippen LogP contribution in [0.1, 0.15) is 17.3 Å². The standard InChI is InChI=1S/C18H14Cl2N2O3S/c1-2-25-15(23)10-22-16-13(20)4-3-5-14(16)26-18(22)21-17(24)11-6-8-12(19)9-7-11/h3-9H,2,10H2,1H3. The third kappa shape index (κ3) is 3.98. The van der Waals surface area contributed by atoms with Crippen molar-refractivity contribution in [3.05, 3.63) is 62.9 Å². The molecule has 0 unspecified atom stereocenters. The highest BCUT2D eigenvalue weighted by Crippen LogP contribution is 2.25. The van der Waals surface area contributed by atoms with Crippen LogP contribution in [0.3, 0.4) is 0 Å². The molecule has 0 bridgehead atoms. The van der Waals surface area contributed by atoms with Gasteiger partial charge in [0.05, 0.1) is 21.8 Å². The van der Waals surface area contributed by atoms with Crippen molar-refractivity contribution in [1.29, 1.82) is 0 Å². The summed E-state index contributed by atoms with van der Waals surface area (Å²) in [5, 5.41) is 1.01. The second-order valence-corrected chi connectivity index (χ2v) is 7.14. The van der Waals surface area contributed by atoms with Gasteiger partial charge in [-0.2, -0.15) is 4.99 Å². The van der Waals surface area contributed by atoms with E-state index in [0.717, 1.165) is 4.70 Å². The monoisotopic (exact) mass is 408 g/mol. The van der Waals surface area contributed by atoms with Crippen LogP contribution in [0.15, 0.2) is 47.5 Å². The normalized spacial score (nSPS) is 11.7. The molecule has 26 heavy (non-hydrogen) atoms. The molecule has 0 N–H and O–H groups in total. The van der Waals surface area contributed by atoms with Crippen molar-refractivity contribution in [2.45, 2.75) is 13.5 Å². The fourth-order valence-electron chi connectivity index (χ4n) is 2.40. The van der Waals surface area contributed by atoms with E-state index in [0.29, 0.717) is 25.9 Å². The largest absolute Gasteiger partial charge is 0.465 e. The number of fused-ring (bicyclic) bond motifs is 1. The fourth-order valence-corrected chi connectivity index (χ4v) is 3.91. The first-order valence-corrected chi connectivity index (χ1v) is 9.35. The van der Waals surface area contributed by atoms with Crippen molar-refractivity contribution in [3.63, 3.8) is 0 Å². The number of ether oxygens (including phenoxy) is 1. The predicted octanol–water partition coefficient (Wildman–Crippen LogP) is 4.31. The molecule has 0 saturated heterocycles. The molecule has 1 heterocycles. The number of benzene rings is 2. The average Bonchev–Trinajstić information content (AvgIpc) is 2.94. The molecule has 1 aromatic heterocycles. The topological polar surface area (TPSA) is 60.7 Å². The van der Waals surface area contributed by atoms with Crippen LogP contribution in [0.5, 0.6) is 0 Å². The highest BCUT2D eigenvalue weighted by atomic mass is 35.5. The molecule has 0 atom stereocenters. The number of esters is 1. The second-order valence-electron chi connectivity index (χ2n) is 5.29. The molecule has 0 aliphatic heterocycles. The summed E-state index contributed by atoms with van der Waals surface area (Å²) in [7, 11) is 0. The summed E-state index contributed by atoms with van der Waals surface area (Å²) in [5.74, 6) is -0.852. The number of rotatable bonds is 4. The Morgan fingerprint density at radius 2 is 1.88 bits per heavy atom. The Labute approximate surface area is 163 Å². The number of carbonyl (C=O) groups excluding carboxylic acids is 2. The van der Waals surface area contributed by atoms with Gasteiger partial charge in [0, 0.05) is 10.6 Å². The lowest BCUT2D eigenvalue weighted by atomic mass is 10.2. The van der Waals surface area contributed by atoms with E-state index in [1.165, 1.54) is 11.3 Å². The zero-order chi connectivity index (χ0) is 18.7. The van der Waals surface area contributed by atoms with Crippen LogP contribution in [0.2, 0.25) is 10.0 Å². The first-order valence-electron chi connectivity index (χ1n) is 7.77. The fraction of sp³-hybridized carbons (Fsp3) is 0.167. The summed E-state index contributed by atoms with van der Waals surface area (Å²) in [6, 6.07) is 11.8. The maximum Gasteiger partial charge on any atom is 0.326 e. The number of para-hydroxylation sites is 1. The third-order valence-corrected chi connectivity index (χ3v) is 5.13. The molecule has 8 heteroatoms. The van der Waals surface area contributed by atoms with Crippen LogP contribution >= 0.6 is 34.5 Å². The van der Waals surface area contributed by atoms with Crippen molar-refractivity contribution in [1.82, 2.24) is 4.57 Å². The number of carbonyl (C=O) groups is 2. The van der Waals surface area contributed by atoms with Gasteiger partial charge in [0.2, 0.25) is 0 Å². The third-order valence-electron chi connectivity index (χ3n) is 3.53. The van der Waals surface area contributed by atoms with Crippen LogP contribution < -0.4 is 4.80 Å². The van der Waals surface area contributed by atoms with Crippen molar-refractivity contribution in [3.8, 4) is 0 Å². The smallest absolute Gasteiger partial charge is 0.326 e. The van der Waals surface area contributed by atoms with Gasteiger partial charge in [0.15, 0.2) is 4.80 Å². The van der Waals surface area contributed by atoms with Gasteiger partial charge in [0.25, 0.3) is 5.91 Å². The molecule has 0 saturated carbocycles. The molecular formula is C18H14Cl2N2O3S. The number of hydrogen-bond donors (Lipinski definition) is 0. The number of hydrogen-bond acceptors (Lipinski definition) is 4. The van der Waals surface area contributed by atoms with Crippen LogP contribution in [-0.4, -0.2) is 23.1 Å². The van der Waals surface area contributed by atoms with E-state index in [4.69, 9.17) is 27.9 Å². The molecule has 2 aromatic carbocycles. The lowest BCUT2D eigenvalue weighted by Crippen LogP contribution is -2.23. The highest BCUT2D eigenvalue weighted by molar-refractivity contribution is 7.16. The molecule has 0 aliphatic rings. The van der Waals surface area contributed by atoms with E-state index in [-0.39, 0.29) is 13.2 Å². The Hall–Kier alpha value is -2.15. The minimum absolute atomic E-state index is 0.0791. The summed E-state index contributed by atoms with van der Waals surface area (Å²) in [6.45, 7) is 1.92. The van der Waals surface area contributed by atoms with Gasteiger partial charge < -0.3 is 9.30 Å². The first-order chi connectivity index (χ1) is 12.5. The molecule has 0 fully saturated rings. The van der Waals surface area contributed by atoms with E-state index >= 15 is 0 Å². The van der Waals surface area contributed by atoms with E-state index in [1.807, 2.05) is 6.07 Å². The van der Waals surface area contributed by atoms with Gasteiger partial charge in [-0.15, -0.1) is 0 Å². The number of amides is 1. The molecule has 134 valence electrons. The Kier molecular flexibility index (Phi) is 5.76. The zero-order valence-electron chi connectivity index (χ0n) is 13.7. The zero-order valence-corrected chi connectivity index (χ0v) is 16.1. The lowest BCUT2D eigenvalue weighted by molar-refractivity contribution is -0.143. The van der Waals surface area contributed by atoms with E-state index < -0.39 is 11.9 Å². The minimum atomic E-state index is -0.429. The Bertz CT molecular complexity index is 1040. The van der Waals surface area contributed by atoms with Crippen molar-refractivity contribution < 1.29 is 14.3 Å². The molecule has 3 aromatic rings. The Morgan fingerprint density at radius 3 is 2.58 bits per heavy atom. The van der Waals surface area contributed by atoms with Crippen molar-refractivity contribution >= 4 is 56.6 Å². The van der Waals surface area contributed by atoms with Crippen LogP contribution in [0.25, 0.3) is 10.2 Å². The number of halogens is 2. The van der Waals surface area contributed by atoms with Gasteiger partial charge in [-0.3, -0.25) is 9.59 Å². The Morgan fingerprint density at radius 1 is 1.15 bits per heavy atom. The summed E-state index contributed by atoms with van der Waals surface area (Å²) in [6.07, 6.45) is 0. The van der Waals surface area contributed by atoms with E-state index in [2.05, 4.69) is 4.99 Å². The molecular weight excluding hydrogens is 395 g/mol. The maximum atomic E-state index is 12.5. The average molecular weight is 409 g/mol. The quantitative estimate of drug-likeness (QED) is 0.604. The number of nitrogens with zero attached hydrogens (tertiary/aromatic N) is 2. The minimum Gasteiger partial charge on any atom is -0.465 e. The van der Waals surface area contributed by atoms with Gasteiger partial charge in [0.1, 0.15) is 6.54 Å². The molecule has 3 rings (SSSR count). The maximum absolute atomic E-state index is 12.5. The van der Waals surface area contributed by atoms with Crippen LogP contribution in [0.4, 0.5) is 0 Å². The highest BCUT2D eigenvalue weighted by Gasteiger charge is 2.15. The van der Waals surface area contributed by atoms with Gasteiger partial charge in [-0.25, -0.2) is 0 Å². The van der Waals surface area contributed by atoms with E-state index in [1.54, 1.807) is 47.9 Å². The predicted molar refractivity (Wildman–Crippen MR) is 103 cm³/mol. The molecule has 0 spiro atoms.